The van der Waals surface area contributed by atoms with Gasteiger partial charge in [-0.05, 0) is 65.3 Å². The standard InChI is InChI=1S/C35H37Cl2N3O3/c36-31-15-13-26(19-32(31)37)20-33(38)35(43)40-23-30(18-24-7-2-1-3-8-24)39(22-29(40)11-6-16-41)34(42)21-25-12-14-27-9-4-5-10-28(27)17-25/h1-5,7-10,12-15,17,19,29-30,33,41H,6,11,16,18,20-23,38H2. The van der Waals surface area contributed by atoms with Crippen molar-refractivity contribution in [3.05, 3.63) is 118 Å². The Morgan fingerprint density at radius 1 is 0.791 bits per heavy atom. The van der Waals surface area contributed by atoms with E-state index < -0.39 is 6.04 Å². The van der Waals surface area contributed by atoms with Crippen LogP contribution in [-0.2, 0) is 28.9 Å². The second-order valence-electron chi connectivity index (χ2n) is 11.3. The number of aliphatic hydroxyl groups excluding tert-OH is 1. The van der Waals surface area contributed by atoms with Gasteiger partial charge in [-0.15, -0.1) is 0 Å². The van der Waals surface area contributed by atoms with Gasteiger partial charge in [0.2, 0.25) is 11.8 Å². The minimum Gasteiger partial charge on any atom is -0.396 e. The van der Waals surface area contributed by atoms with Crippen LogP contribution in [0.4, 0.5) is 0 Å². The number of halogens is 2. The van der Waals surface area contributed by atoms with Crippen LogP contribution in [0.2, 0.25) is 10.0 Å². The van der Waals surface area contributed by atoms with E-state index in [1.165, 1.54) is 0 Å². The smallest absolute Gasteiger partial charge is 0.240 e. The Bertz CT molecular complexity index is 1560. The molecule has 0 aliphatic carbocycles. The summed E-state index contributed by atoms with van der Waals surface area (Å²) in [5, 5.41) is 12.7. The van der Waals surface area contributed by atoms with Gasteiger partial charge in [-0.2, -0.15) is 0 Å². The first-order valence-electron chi connectivity index (χ1n) is 14.7. The Labute approximate surface area is 263 Å². The maximum Gasteiger partial charge on any atom is 0.240 e. The van der Waals surface area contributed by atoms with Gasteiger partial charge < -0.3 is 20.6 Å². The number of aliphatic hydroxyl groups is 1. The molecule has 3 atom stereocenters. The molecule has 0 aromatic heterocycles. The Hall–Kier alpha value is -3.42. The largest absolute Gasteiger partial charge is 0.396 e. The molecule has 5 rings (SSSR count). The Kier molecular flexibility index (Phi) is 10.4. The highest BCUT2D eigenvalue weighted by atomic mass is 35.5. The predicted octanol–water partition coefficient (Wildman–Crippen LogP) is 5.68. The van der Waals surface area contributed by atoms with Gasteiger partial charge in [-0.3, -0.25) is 9.59 Å². The molecule has 3 unspecified atom stereocenters. The average molecular weight is 619 g/mol. The van der Waals surface area contributed by atoms with Gasteiger partial charge in [0.15, 0.2) is 0 Å². The van der Waals surface area contributed by atoms with Crippen molar-refractivity contribution in [3.63, 3.8) is 0 Å². The lowest BCUT2D eigenvalue weighted by Crippen LogP contribution is -2.64. The van der Waals surface area contributed by atoms with E-state index in [-0.39, 0.29) is 36.9 Å². The number of amides is 2. The summed E-state index contributed by atoms with van der Waals surface area (Å²) in [7, 11) is 0. The van der Waals surface area contributed by atoms with Crippen LogP contribution in [0.3, 0.4) is 0 Å². The highest BCUT2D eigenvalue weighted by molar-refractivity contribution is 6.42. The first-order valence-corrected chi connectivity index (χ1v) is 15.5. The molecule has 1 aliphatic heterocycles. The van der Waals surface area contributed by atoms with Crippen LogP contribution in [0.1, 0.15) is 29.5 Å². The molecule has 0 saturated carbocycles. The average Bonchev–Trinajstić information content (AvgIpc) is 3.02. The summed E-state index contributed by atoms with van der Waals surface area (Å²) in [6.07, 6.45) is 2.29. The Balaban J connectivity index is 1.39. The van der Waals surface area contributed by atoms with Crippen molar-refractivity contribution in [3.8, 4) is 0 Å². The first kappa shape index (κ1) is 31.0. The fourth-order valence-electron chi connectivity index (χ4n) is 6.01. The number of hydrogen-bond acceptors (Lipinski definition) is 4. The summed E-state index contributed by atoms with van der Waals surface area (Å²) >= 11 is 12.3. The normalized spacial score (nSPS) is 17.7. The predicted molar refractivity (Wildman–Crippen MR) is 173 cm³/mol. The number of benzene rings is 4. The molecule has 0 spiro atoms. The number of carbonyl (C=O) groups excluding carboxylic acids is 2. The van der Waals surface area contributed by atoms with Crippen molar-refractivity contribution >= 4 is 45.8 Å². The zero-order chi connectivity index (χ0) is 30.3. The number of hydrogen-bond donors (Lipinski definition) is 2. The third-order valence-electron chi connectivity index (χ3n) is 8.24. The quantitative estimate of drug-likeness (QED) is 0.240. The maximum atomic E-state index is 14.0. The maximum absolute atomic E-state index is 14.0. The van der Waals surface area contributed by atoms with Gasteiger partial charge in [-0.1, -0.05) is 102 Å². The van der Waals surface area contributed by atoms with Gasteiger partial charge >= 0.3 is 0 Å². The van der Waals surface area contributed by atoms with E-state index in [0.29, 0.717) is 48.8 Å². The molecule has 43 heavy (non-hydrogen) atoms. The van der Waals surface area contributed by atoms with E-state index >= 15 is 0 Å². The summed E-state index contributed by atoms with van der Waals surface area (Å²) in [4.78, 5) is 31.6. The van der Waals surface area contributed by atoms with Crippen LogP contribution in [0.25, 0.3) is 10.8 Å². The summed E-state index contributed by atoms with van der Waals surface area (Å²) in [5.41, 5.74) is 9.38. The minimum atomic E-state index is -0.786. The zero-order valence-corrected chi connectivity index (χ0v) is 25.6. The lowest BCUT2D eigenvalue weighted by molar-refractivity contribution is -0.147. The van der Waals surface area contributed by atoms with Gasteiger partial charge in [0.05, 0.1) is 28.5 Å². The molecule has 224 valence electrons. The Morgan fingerprint density at radius 3 is 2.23 bits per heavy atom. The molecule has 0 bridgehead atoms. The number of nitrogens with two attached hydrogens (primary N) is 1. The van der Waals surface area contributed by atoms with Crippen LogP contribution in [0.5, 0.6) is 0 Å². The molecule has 8 heteroatoms. The number of carbonyl (C=O) groups is 2. The molecular weight excluding hydrogens is 581 g/mol. The van der Waals surface area contributed by atoms with Gasteiger partial charge in [-0.25, -0.2) is 0 Å². The summed E-state index contributed by atoms with van der Waals surface area (Å²) in [6.45, 7) is 0.754. The lowest BCUT2D eigenvalue weighted by atomic mass is 9.94. The summed E-state index contributed by atoms with van der Waals surface area (Å²) in [6, 6.07) is 28.3. The molecule has 4 aromatic rings. The van der Waals surface area contributed by atoms with Crippen LogP contribution >= 0.6 is 23.2 Å². The molecule has 2 amide bonds. The van der Waals surface area contributed by atoms with Crippen molar-refractivity contribution < 1.29 is 14.7 Å². The van der Waals surface area contributed by atoms with E-state index in [4.69, 9.17) is 28.9 Å². The topological polar surface area (TPSA) is 86.9 Å². The molecule has 1 saturated heterocycles. The first-order chi connectivity index (χ1) is 20.8. The van der Waals surface area contributed by atoms with Crippen molar-refractivity contribution in [2.24, 2.45) is 5.73 Å². The van der Waals surface area contributed by atoms with Crippen LogP contribution in [-0.4, -0.2) is 64.5 Å². The number of rotatable bonds is 10. The van der Waals surface area contributed by atoms with E-state index in [0.717, 1.165) is 27.5 Å². The molecule has 6 nitrogen and oxygen atoms in total. The fraction of sp³-hybridized carbons (Fsp3) is 0.314. The van der Waals surface area contributed by atoms with Crippen molar-refractivity contribution in [1.29, 1.82) is 0 Å². The van der Waals surface area contributed by atoms with E-state index in [1.807, 2.05) is 64.4 Å². The third kappa shape index (κ3) is 7.76. The van der Waals surface area contributed by atoms with Gasteiger partial charge in [0.1, 0.15) is 0 Å². The van der Waals surface area contributed by atoms with E-state index in [2.05, 4.69) is 24.3 Å². The van der Waals surface area contributed by atoms with Crippen LogP contribution < -0.4 is 5.73 Å². The number of fused-ring (bicyclic) bond motifs is 1. The van der Waals surface area contributed by atoms with Crippen LogP contribution in [0, 0.1) is 0 Å². The molecule has 4 aromatic carbocycles. The second kappa shape index (κ2) is 14.4. The third-order valence-corrected chi connectivity index (χ3v) is 8.97. The van der Waals surface area contributed by atoms with E-state index in [1.54, 1.807) is 12.1 Å². The lowest BCUT2D eigenvalue weighted by Gasteiger charge is -2.47. The summed E-state index contributed by atoms with van der Waals surface area (Å²) in [5.74, 6) is -0.147. The van der Waals surface area contributed by atoms with E-state index in [9.17, 15) is 14.7 Å². The van der Waals surface area contributed by atoms with Crippen molar-refractivity contribution in [2.45, 2.75) is 50.2 Å². The fourth-order valence-corrected chi connectivity index (χ4v) is 6.33. The Morgan fingerprint density at radius 2 is 1.49 bits per heavy atom. The van der Waals surface area contributed by atoms with Crippen molar-refractivity contribution in [2.75, 3.05) is 19.7 Å². The molecule has 3 N–H and O–H groups in total. The van der Waals surface area contributed by atoms with Crippen LogP contribution in [0.15, 0.2) is 91.0 Å². The van der Waals surface area contributed by atoms with Crippen molar-refractivity contribution in [1.82, 2.24) is 9.80 Å². The molecule has 0 radical (unpaired) electrons. The highest BCUT2D eigenvalue weighted by Gasteiger charge is 2.39. The van der Waals surface area contributed by atoms with Gasteiger partial charge in [0.25, 0.3) is 0 Å². The molecular formula is C35H37Cl2N3O3. The highest BCUT2D eigenvalue weighted by Crippen LogP contribution is 2.26. The number of piperazine rings is 1. The molecule has 1 fully saturated rings. The second-order valence-corrected chi connectivity index (χ2v) is 12.1. The minimum absolute atomic E-state index is 0.00629. The van der Waals surface area contributed by atoms with Gasteiger partial charge in [0, 0.05) is 25.7 Å². The zero-order valence-electron chi connectivity index (χ0n) is 24.0. The summed E-state index contributed by atoms with van der Waals surface area (Å²) < 4.78 is 0. The monoisotopic (exact) mass is 617 g/mol. The molecule has 1 aliphatic rings. The molecule has 1 heterocycles. The SMILES string of the molecule is NC(Cc1ccc(Cl)c(Cl)c1)C(=O)N1CC(Cc2ccccc2)N(C(=O)Cc2ccc3ccccc3c2)CC1CCCO. The number of nitrogens with zero attached hydrogens (tertiary/aromatic N) is 2.